The van der Waals surface area contributed by atoms with Crippen molar-refractivity contribution in [3.05, 3.63) is 29.8 Å². The van der Waals surface area contributed by atoms with E-state index >= 15 is 0 Å². The van der Waals surface area contributed by atoms with E-state index in [2.05, 4.69) is 5.32 Å². The molecular weight excluding hydrogens is 258 g/mol. The van der Waals surface area contributed by atoms with Crippen LogP contribution in [0.5, 0.6) is 0 Å². The molecule has 0 aliphatic carbocycles. The van der Waals surface area contributed by atoms with E-state index in [4.69, 9.17) is 9.84 Å². The summed E-state index contributed by atoms with van der Waals surface area (Å²) >= 11 is 0. The van der Waals surface area contributed by atoms with Gasteiger partial charge in [-0.2, -0.15) is 0 Å². The number of methoxy groups -OCH3 is 1. The third-order valence-electron chi connectivity index (χ3n) is 3.48. The van der Waals surface area contributed by atoms with Gasteiger partial charge in [0.15, 0.2) is 0 Å². The summed E-state index contributed by atoms with van der Waals surface area (Å²) in [5.41, 5.74) is 0.549. The highest BCUT2D eigenvalue weighted by Crippen LogP contribution is 2.21. The van der Waals surface area contributed by atoms with Gasteiger partial charge in [-0.3, -0.25) is 9.59 Å². The first-order chi connectivity index (χ1) is 9.42. The molecule has 0 saturated heterocycles. The van der Waals surface area contributed by atoms with Crippen LogP contribution in [0.2, 0.25) is 0 Å². The van der Waals surface area contributed by atoms with E-state index < -0.39 is 11.6 Å². The summed E-state index contributed by atoms with van der Waals surface area (Å²) in [7, 11) is 1.50. The molecule has 1 atom stereocenters. The normalized spacial score (nSPS) is 13.6. The van der Waals surface area contributed by atoms with Gasteiger partial charge in [0.2, 0.25) is 0 Å². The molecular formula is C15H21NO4. The largest absolute Gasteiger partial charge is 0.481 e. The van der Waals surface area contributed by atoms with Gasteiger partial charge in [0, 0.05) is 19.2 Å². The van der Waals surface area contributed by atoms with Gasteiger partial charge in [-0.1, -0.05) is 25.1 Å². The van der Waals surface area contributed by atoms with Gasteiger partial charge in [0.1, 0.15) is 5.60 Å². The number of ether oxygens (including phenoxy) is 1. The lowest BCUT2D eigenvalue weighted by Crippen LogP contribution is -2.41. The fourth-order valence-corrected chi connectivity index (χ4v) is 1.75. The van der Waals surface area contributed by atoms with Gasteiger partial charge < -0.3 is 15.2 Å². The summed E-state index contributed by atoms with van der Waals surface area (Å²) in [6, 6.07) is 7.20. The summed E-state index contributed by atoms with van der Waals surface area (Å²) < 4.78 is 5.25. The van der Waals surface area contributed by atoms with Crippen LogP contribution in [0.1, 0.15) is 32.3 Å². The van der Waals surface area contributed by atoms with Crippen molar-refractivity contribution >= 4 is 17.6 Å². The Morgan fingerprint density at radius 1 is 1.35 bits per heavy atom. The number of hydrogen-bond acceptors (Lipinski definition) is 3. The smallest absolute Gasteiger partial charge is 0.303 e. The molecule has 1 aromatic rings. The Labute approximate surface area is 118 Å². The lowest BCUT2D eigenvalue weighted by atomic mass is 10.0. The minimum absolute atomic E-state index is 0.0300. The highest BCUT2D eigenvalue weighted by Gasteiger charge is 2.31. The van der Waals surface area contributed by atoms with Crippen molar-refractivity contribution in [2.45, 2.75) is 38.7 Å². The number of amides is 1. The van der Waals surface area contributed by atoms with Crippen molar-refractivity contribution in [3.63, 3.8) is 0 Å². The maximum absolute atomic E-state index is 12.2. The van der Waals surface area contributed by atoms with Crippen LogP contribution in [0.4, 0.5) is 5.69 Å². The van der Waals surface area contributed by atoms with E-state index in [1.165, 1.54) is 7.11 Å². The second-order valence-electron chi connectivity index (χ2n) is 4.79. The number of carboxylic acids is 1. The first-order valence-corrected chi connectivity index (χ1v) is 6.59. The van der Waals surface area contributed by atoms with Crippen LogP contribution >= 0.6 is 0 Å². The Hall–Kier alpha value is -1.88. The monoisotopic (exact) mass is 279 g/mol. The minimum atomic E-state index is -0.889. The third-order valence-corrected chi connectivity index (χ3v) is 3.48. The summed E-state index contributed by atoms with van der Waals surface area (Å²) in [6.07, 6.45) is 0.955. The number of carbonyl (C=O) groups is 2. The van der Waals surface area contributed by atoms with Gasteiger partial charge in [-0.15, -0.1) is 0 Å². The van der Waals surface area contributed by atoms with Crippen LogP contribution in [0.3, 0.4) is 0 Å². The van der Waals surface area contributed by atoms with Gasteiger partial charge in [-0.25, -0.2) is 0 Å². The predicted octanol–water partition coefficient (Wildman–Crippen LogP) is 2.46. The van der Waals surface area contributed by atoms with Crippen LogP contribution in [0.25, 0.3) is 0 Å². The van der Waals surface area contributed by atoms with Gasteiger partial charge in [-0.05, 0) is 31.4 Å². The molecule has 5 heteroatoms. The van der Waals surface area contributed by atoms with Crippen molar-refractivity contribution < 1.29 is 19.4 Å². The third kappa shape index (κ3) is 4.06. The van der Waals surface area contributed by atoms with Crippen molar-refractivity contribution in [2.24, 2.45) is 0 Å². The summed E-state index contributed by atoms with van der Waals surface area (Å²) in [6.45, 7) is 3.60. The zero-order valence-electron chi connectivity index (χ0n) is 12.1. The number of carboxylic acid groups (broad SMARTS) is 1. The van der Waals surface area contributed by atoms with E-state index in [-0.39, 0.29) is 12.3 Å². The highest BCUT2D eigenvalue weighted by molar-refractivity contribution is 5.97. The van der Waals surface area contributed by atoms with Gasteiger partial charge in [0.05, 0.1) is 0 Å². The maximum Gasteiger partial charge on any atom is 0.303 e. The second-order valence-corrected chi connectivity index (χ2v) is 4.79. The van der Waals surface area contributed by atoms with Gasteiger partial charge >= 0.3 is 5.97 Å². The Morgan fingerprint density at radius 3 is 2.55 bits per heavy atom. The number of anilines is 1. The molecule has 0 spiro atoms. The Bertz CT molecular complexity index is 481. The first kappa shape index (κ1) is 16.2. The molecule has 20 heavy (non-hydrogen) atoms. The Kier molecular flexibility index (Phi) is 5.70. The lowest BCUT2D eigenvalue weighted by molar-refractivity contribution is -0.137. The average Bonchev–Trinajstić information content (AvgIpc) is 2.45. The van der Waals surface area contributed by atoms with Crippen LogP contribution in [0.15, 0.2) is 24.3 Å². The van der Waals surface area contributed by atoms with E-state index in [9.17, 15) is 9.59 Å². The standard InChI is InChI=1S/C15H21NO4/c1-4-15(2,20-3)14(19)16-12-8-6-5-7-11(12)9-10-13(17)18/h5-8H,4,9-10H2,1-3H3,(H,16,19)(H,17,18). The number of para-hydroxylation sites is 1. The molecule has 0 fully saturated rings. The predicted molar refractivity (Wildman–Crippen MR) is 76.7 cm³/mol. The second kappa shape index (κ2) is 7.05. The van der Waals surface area contributed by atoms with Crippen molar-refractivity contribution in [1.82, 2.24) is 0 Å². The van der Waals surface area contributed by atoms with E-state index in [1.54, 1.807) is 19.1 Å². The van der Waals surface area contributed by atoms with E-state index in [1.807, 2.05) is 19.1 Å². The zero-order chi connectivity index (χ0) is 15.2. The first-order valence-electron chi connectivity index (χ1n) is 6.59. The van der Waals surface area contributed by atoms with E-state index in [0.29, 0.717) is 18.5 Å². The quantitative estimate of drug-likeness (QED) is 0.804. The summed E-state index contributed by atoms with van der Waals surface area (Å²) in [4.78, 5) is 22.9. The molecule has 0 aliphatic rings. The number of nitrogens with one attached hydrogen (secondary N) is 1. The molecule has 0 aromatic heterocycles. The van der Waals surface area contributed by atoms with Crippen LogP contribution in [-0.2, 0) is 20.7 Å². The Balaban J connectivity index is 2.87. The molecule has 0 saturated carbocycles. The number of aliphatic carboxylic acids is 1. The Morgan fingerprint density at radius 2 is 2.00 bits per heavy atom. The number of benzene rings is 1. The van der Waals surface area contributed by atoms with Crippen molar-refractivity contribution in [3.8, 4) is 0 Å². The number of aryl methyl sites for hydroxylation is 1. The molecule has 2 N–H and O–H groups in total. The van der Waals surface area contributed by atoms with Crippen molar-refractivity contribution in [1.29, 1.82) is 0 Å². The van der Waals surface area contributed by atoms with Crippen LogP contribution < -0.4 is 5.32 Å². The molecule has 1 amide bonds. The SMILES string of the molecule is CCC(C)(OC)C(=O)Nc1ccccc1CCC(=O)O. The summed E-state index contributed by atoms with van der Waals surface area (Å²) in [5.74, 6) is -1.09. The van der Waals surface area contributed by atoms with Crippen LogP contribution in [0, 0.1) is 0 Å². The fourth-order valence-electron chi connectivity index (χ4n) is 1.75. The fraction of sp³-hybridized carbons (Fsp3) is 0.467. The maximum atomic E-state index is 12.2. The molecule has 1 rings (SSSR count). The number of carbonyl (C=O) groups excluding carboxylic acids is 1. The molecule has 1 unspecified atom stereocenters. The molecule has 0 radical (unpaired) electrons. The number of hydrogen-bond donors (Lipinski definition) is 2. The molecule has 0 heterocycles. The summed E-state index contributed by atoms with van der Waals surface area (Å²) in [5, 5.41) is 11.6. The van der Waals surface area contributed by atoms with Crippen molar-refractivity contribution in [2.75, 3.05) is 12.4 Å². The van der Waals surface area contributed by atoms with E-state index in [0.717, 1.165) is 5.56 Å². The molecule has 0 aliphatic heterocycles. The zero-order valence-corrected chi connectivity index (χ0v) is 12.1. The number of rotatable bonds is 7. The molecule has 110 valence electrons. The highest BCUT2D eigenvalue weighted by atomic mass is 16.5. The van der Waals surface area contributed by atoms with Crippen LogP contribution in [-0.4, -0.2) is 29.7 Å². The van der Waals surface area contributed by atoms with Gasteiger partial charge in [0.25, 0.3) is 5.91 Å². The molecule has 5 nitrogen and oxygen atoms in total. The average molecular weight is 279 g/mol. The molecule has 1 aromatic carbocycles. The topological polar surface area (TPSA) is 75.6 Å². The lowest BCUT2D eigenvalue weighted by Gasteiger charge is -2.25. The molecule has 0 bridgehead atoms. The minimum Gasteiger partial charge on any atom is -0.481 e.